The Morgan fingerprint density at radius 2 is 2.14 bits per heavy atom. The summed E-state index contributed by atoms with van der Waals surface area (Å²) in [5.74, 6) is 0. The quantitative estimate of drug-likeness (QED) is 0.462. The molecule has 0 radical (unpaired) electrons. The van der Waals surface area contributed by atoms with Gasteiger partial charge in [0.05, 0.1) is 12.2 Å². The second-order valence-corrected chi connectivity index (χ2v) is 3.20. The highest BCUT2D eigenvalue weighted by Gasteiger charge is 2.07. The summed E-state index contributed by atoms with van der Waals surface area (Å²) < 4.78 is 0. The third kappa shape index (κ3) is 3.73. The highest BCUT2D eigenvalue weighted by Crippen LogP contribution is 2.17. The maximum Gasteiger partial charge on any atom is 0.139 e. The van der Waals surface area contributed by atoms with Gasteiger partial charge in [-0.2, -0.15) is 0 Å². The Morgan fingerprint density at radius 1 is 1.50 bits per heavy atom. The Balaban J connectivity index is 4.78. The van der Waals surface area contributed by atoms with Crippen LogP contribution in [-0.2, 0) is 4.79 Å². The van der Waals surface area contributed by atoms with Gasteiger partial charge in [-0.1, -0.05) is 20.3 Å². The average Bonchev–Trinajstić information content (AvgIpc) is 2.18. The number of aliphatic imine (C=N–C) groups is 1. The van der Waals surface area contributed by atoms with Crippen LogP contribution in [0, 0.1) is 0 Å². The standard InChI is InChI=1S/C11H20N2O/c1-5-7-11(10(6-2)12-3)13(4)8-9-14/h9H,3,5-8H2,1-2,4H3/b11-10-. The predicted molar refractivity (Wildman–Crippen MR) is 60.5 cm³/mol. The van der Waals surface area contributed by atoms with Gasteiger partial charge in [-0.3, -0.25) is 4.99 Å². The van der Waals surface area contributed by atoms with E-state index in [0.29, 0.717) is 6.54 Å². The van der Waals surface area contributed by atoms with E-state index < -0.39 is 0 Å². The summed E-state index contributed by atoms with van der Waals surface area (Å²) in [4.78, 5) is 16.4. The molecule has 0 bridgehead atoms. The van der Waals surface area contributed by atoms with Crippen molar-refractivity contribution >= 4 is 13.0 Å². The number of nitrogens with zero attached hydrogens (tertiary/aromatic N) is 2. The fourth-order valence-corrected chi connectivity index (χ4v) is 1.42. The second kappa shape index (κ2) is 7.30. The lowest BCUT2D eigenvalue weighted by molar-refractivity contribution is -0.108. The second-order valence-electron chi connectivity index (χ2n) is 3.20. The van der Waals surface area contributed by atoms with Crippen LogP contribution in [0.15, 0.2) is 16.4 Å². The van der Waals surface area contributed by atoms with Crippen molar-refractivity contribution < 1.29 is 4.79 Å². The van der Waals surface area contributed by atoms with E-state index >= 15 is 0 Å². The van der Waals surface area contributed by atoms with Gasteiger partial charge in [-0.25, -0.2) is 0 Å². The van der Waals surface area contributed by atoms with Gasteiger partial charge in [0.25, 0.3) is 0 Å². The molecule has 0 amide bonds. The van der Waals surface area contributed by atoms with Gasteiger partial charge in [0.15, 0.2) is 0 Å². The molecule has 0 saturated carbocycles. The number of carbonyl (C=O) groups is 1. The van der Waals surface area contributed by atoms with E-state index in [9.17, 15) is 4.79 Å². The van der Waals surface area contributed by atoms with E-state index in [4.69, 9.17) is 0 Å². The molecule has 0 spiro atoms. The monoisotopic (exact) mass is 196 g/mol. The third-order valence-electron chi connectivity index (χ3n) is 2.15. The highest BCUT2D eigenvalue weighted by atomic mass is 16.1. The van der Waals surface area contributed by atoms with Gasteiger partial charge in [0.2, 0.25) is 0 Å². The fourth-order valence-electron chi connectivity index (χ4n) is 1.42. The Bertz CT molecular complexity index is 221. The van der Waals surface area contributed by atoms with E-state index in [1.54, 1.807) is 0 Å². The summed E-state index contributed by atoms with van der Waals surface area (Å²) in [5.41, 5.74) is 2.13. The normalized spacial score (nSPS) is 11.9. The van der Waals surface area contributed by atoms with Gasteiger partial charge >= 0.3 is 0 Å². The molecule has 0 aliphatic carbocycles. The van der Waals surface area contributed by atoms with Crippen molar-refractivity contribution in [2.75, 3.05) is 13.6 Å². The van der Waals surface area contributed by atoms with Crippen LogP contribution in [0.5, 0.6) is 0 Å². The highest BCUT2D eigenvalue weighted by molar-refractivity contribution is 5.52. The molecule has 0 aliphatic heterocycles. The van der Waals surface area contributed by atoms with Crippen LogP contribution in [-0.4, -0.2) is 31.5 Å². The number of allylic oxidation sites excluding steroid dienone is 2. The molecule has 0 aliphatic rings. The van der Waals surface area contributed by atoms with Crippen LogP contribution in [0.2, 0.25) is 0 Å². The topological polar surface area (TPSA) is 32.7 Å². The van der Waals surface area contributed by atoms with E-state index in [0.717, 1.165) is 36.9 Å². The third-order valence-corrected chi connectivity index (χ3v) is 2.15. The molecule has 0 N–H and O–H groups in total. The first-order chi connectivity index (χ1) is 6.71. The molecule has 0 aromatic heterocycles. The minimum atomic E-state index is 0.425. The number of likely N-dealkylation sites (N-methyl/N-ethyl adjacent to an activating group) is 1. The molecule has 0 aromatic carbocycles. The minimum absolute atomic E-state index is 0.425. The number of carbonyl (C=O) groups excluding carboxylic acids is 1. The predicted octanol–water partition coefficient (Wildman–Crippen LogP) is 2.24. The lowest BCUT2D eigenvalue weighted by Gasteiger charge is -2.21. The van der Waals surface area contributed by atoms with Crippen LogP contribution in [0.4, 0.5) is 0 Å². The van der Waals surface area contributed by atoms with Crippen molar-refractivity contribution in [2.24, 2.45) is 4.99 Å². The lowest BCUT2D eigenvalue weighted by atomic mass is 10.1. The molecular weight excluding hydrogens is 176 g/mol. The molecule has 3 heteroatoms. The SMILES string of the molecule is C=N/C(CC)=C(/CCC)N(C)CC=O. The Labute approximate surface area is 86.5 Å². The zero-order chi connectivity index (χ0) is 11.0. The number of aldehydes is 1. The van der Waals surface area contributed by atoms with Crippen molar-refractivity contribution in [3.05, 3.63) is 11.4 Å². The smallest absolute Gasteiger partial charge is 0.139 e. The van der Waals surface area contributed by atoms with E-state index in [1.807, 2.05) is 11.9 Å². The Kier molecular flexibility index (Phi) is 6.72. The van der Waals surface area contributed by atoms with Gasteiger partial charge in [0.1, 0.15) is 6.29 Å². The minimum Gasteiger partial charge on any atom is -0.369 e. The van der Waals surface area contributed by atoms with Crippen molar-refractivity contribution in [1.82, 2.24) is 4.90 Å². The molecule has 80 valence electrons. The fraction of sp³-hybridized carbons (Fsp3) is 0.636. The maximum absolute atomic E-state index is 10.4. The molecule has 0 aromatic rings. The molecule has 0 saturated heterocycles. The molecule has 0 rings (SSSR count). The van der Waals surface area contributed by atoms with Crippen molar-refractivity contribution in [3.63, 3.8) is 0 Å². The first kappa shape index (κ1) is 12.9. The first-order valence-electron chi connectivity index (χ1n) is 5.04. The summed E-state index contributed by atoms with van der Waals surface area (Å²) in [6.07, 6.45) is 3.78. The largest absolute Gasteiger partial charge is 0.369 e. The van der Waals surface area contributed by atoms with Crippen molar-refractivity contribution in [3.8, 4) is 0 Å². The molecule has 0 fully saturated rings. The summed E-state index contributed by atoms with van der Waals surface area (Å²) in [7, 11) is 1.92. The number of rotatable bonds is 7. The Morgan fingerprint density at radius 3 is 2.50 bits per heavy atom. The molecular formula is C11H20N2O. The summed E-state index contributed by atoms with van der Waals surface area (Å²) in [6, 6.07) is 0. The van der Waals surface area contributed by atoms with Gasteiger partial charge in [-0.15, -0.1) is 0 Å². The van der Waals surface area contributed by atoms with E-state index in [2.05, 4.69) is 25.6 Å². The zero-order valence-electron chi connectivity index (χ0n) is 9.42. The lowest BCUT2D eigenvalue weighted by Crippen LogP contribution is -2.21. The first-order valence-corrected chi connectivity index (χ1v) is 5.04. The number of hydrogen-bond acceptors (Lipinski definition) is 3. The molecule has 0 heterocycles. The average molecular weight is 196 g/mol. The van der Waals surface area contributed by atoms with Crippen LogP contribution < -0.4 is 0 Å². The van der Waals surface area contributed by atoms with Crippen molar-refractivity contribution in [1.29, 1.82) is 0 Å². The van der Waals surface area contributed by atoms with Gasteiger partial charge < -0.3 is 9.69 Å². The van der Waals surface area contributed by atoms with Crippen LogP contribution in [0.3, 0.4) is 0 Å². The maximum atomic E-state index is 10.4. The molecule has 3 nitrogen and oxygen atoms in total. The summed E-state index contributed by atoms with van der Waals surface area (Å²) >= 11 is 0. The zero-order valence-corrected chi connectivity index (χ0v) is 9.42. The van der Waals surface area contributed by atoms with Crippen LogP contribution in [0.1, 0.15) is 33.1 Å². The van der Waals surface area contributed by atoms with Crippen LogP contribution in [0.25, 0.3) is 0 Å². The molecule has 0 unspecified atom stereocenters. The molecule has 0 atom stereocenters. The van der Waals surface area contributed by atoms with E-state index in [-0.39, 0.29) is 0 Å². The number of hydrogen-bond donors (Lipinski definition) is 0. The summed E-state index contributed by atoms with van der Waals surface area (Å²) in [5, 5.41) is 0. The van der Waals surface area contributed by atoms with Gasteiger partial charge in [0, 0.05) is 12.7 Å². The molecule has 14 heavy (non-hydrogen) atoms. The summed E-state index contributed by atoms with van der Waals surface area (Å²) in [6.45, 7) is 8.15. The van der Waals surface area contributed by atoms with Crippen LogP contribution >= 0.6 is 0 Å². The Hall–Kier alpha value is -1.12. The van der Waals surface area contributed by atoms with Gasteiger partial charge in [-0.05, 0) is 19.6 Å². The van der Waals surface area contributed by atoms with Crippen molar-refractivity contribution in [2.45, 2.75) is 33.1 Å². The van der Waals surface area contributed by atoms with E-state index in [1.165, 1.54) is 0 Å².